The lowest BCUT2D eigenvalue weighted by Gasteiger charge is -2.05. The first-order chi connectivity index (χ1) is 9.22. The van der Waals surface area contributed by atoms with Crippen LogP contribution in [0.3, 0.4) is 0 Å². The first kappa shape index (κ1) is 12.1. The molecule has 5 heteroatoms. The SMILES string of the molecule is CCCc1cc(OC)nc2nc(C(=O)C3CC3)cn12. The number of rotatable bonds is 5. The van der Waals surface area contributed by atoms with Gasteiger partial charge in [-0.1, -0.05) is 13.3 Å². The van der Waals surface area contributed by atoms with E-state index in [1.165, 1.54) is 0 Å². The second-order valence-electron chi connectivity index (χ2n) is 4.97. The topological polar surface area (TPSA) is 56.5 Å². The van der Waals surface area contributed by atoms with E-state index in [0.717, 1.165) is 31.4 Å². The first-order valence-corrected chi connectivity index (χ1v) is 6.70. The molecular formula is C14H17N3O2. The number of ketones is 1. The first-order valence-electron chi connectivity index (χ1n) is 6.70. The van der Waals surface area contributed by atoms with Crippen molar-refractivity contribution in [2.45, 2.75) is 32.6 Å². The van der Waals surface area contributed by atoms with Crippen LogP contribution in [0.25, 0.3) is 5.78 Å². The molecule has 0 unspecified atom stereocenters. The number of aromatic nitrogens is 3. The van der Waals surface area contributed by atoms with Gasteiger partial charge < -0.3 is 4.74 Å². The number of carbonyl (C=O) groups excluding carboxylic acids is 1. The maximum atomic E-state index is 12.1. The average molecular weight is 259 g/mol. The third-order valence-corrected chi connectivity index (χ3v) is 3.41. The Kier molecular flexibility index (Phi) is 2.97. The van der Waals surface area contributed by atoms with Crippen LogP contribution in [0, 0.1) is 5.92 Å². The van der Waals surface area contributed by atoms with Crippen molar-refractivity contribution in [1.29, 1.82) is 0 Å². The quantitative estimate of drug-likeness (QED) is 0.773. The van der Waals surface area contributed by atoms with E-state index >= 15 is 0 Å². The molecule has 2 heterocycles. The molecule has 2 aromatic rings. The lowest BCUT2D eigenvalue weighted by atomic mass is 10.2. The minimum Gasteiger partial charge on any atom is -0.481 e. The van der Waals surface area contributed by atoms with Crippen molar-refractivity contribution in [1.82, 2.24) is 14.4 Å². The maximum Gasteiger partial charge on any atom is 0.237 e. The second-order valence-corrected chi connectivity index (χ2v) is 4.97. The highest BCUT2D eigenvalue weighted by molar-refractivity contribution is 5.98. The van der Waals surface area contributed by atoms with E-state index in [2.05, 4.69) is 16.9 Å². The van der Waals surface area contributed by atoms with Crippen molar-refractivity contribution >= 4 is 11.6 Å². The summed E-state index contributed by atoms with van der Waals surface area (Å²) in [7, 11) is 1.59. The van der Waals surface area contributed by atoms with E-state index in [-0.39, 0.29) is 11.7 Å². The fraction of sp³-hybridized carbons (Fsp3) is 0.500. The van der Waals surface area contributed by atoms with E-state index in [0.29, 0.717) is 17.4 Å². The largest absolute Gasteiger partial charge is 0.481 e. The summed E-state index contributed by atoms with van der Waals surface area (Å²) in [4.78, 5) is 20.7. The van der Waals surface area contributed by atoms with Crippen LogP contribution in [0.4, 0.5) is 0 Å². The van der Waals surface area contributed by atoms with Gasteiger partial charge in [0.05, 0.1) is 7.11 Å². The molecule has 0 radical (unpaired) electrons. The summed E-state index contributed by atoms with van der Waals surface area (Å²) < 4.78 is 7.09. The number of Topliss-reactive ketones (excluding diaryl/α,β-unsaturated/α-hetero) is 1. The Morgan fingerprint density at radius 2 is 2.26 bits per heavy atom. The Labute approximate surface area is 111 Å². The Hall–Kier alpha value is -1.91. The Morgan fingerprint density at radius 3 is 2.89 bits per heavy atom. The van der Waals surface area contributed by atoms with Crippen LogP contribution in [0.1, 0.15) is 42.4 Å². The van der Waals surface area contributed by atoms with E-state index in [1.807, 2.05) is 16.7 Å². The van der Waals surface area contributed by atoms with Gasteiger partial charge >= 0.3 is 0 Å². The van der Waals surface area contributed by atoms with Gasteiger partial charge in [-0.05, 0) is 19.3 Å². The summed E-state index contributed by atoms with van der Waals surface area (Å²) in [5.41, 5.74) is 1.60. The Bertz CT molecular complexity index is 629. The molecule has 0 spiro atoms. The summed E-state index contributed by atoms with van der Waals surface area (Å²) in [6.07, 6.45) is 5.72. The molecule has 1 fully saturated rings. The molecule has 0 amide bonds. The Balaban J connectivity index is 2.08. The van der Waals surface area contributed by atoms with Crippen molar-refractivity contribution in [2.75, 3.05) is 7.11 Å². The normalized spacial score (nSPS) is 14.8. The molecule has 3 rings (SSSR count). The number of hydrogen-bond donors (Lipinski definition) is 0. The molecule has 1 aliphatic carbocycles. The number of methoxy groups -OCH3 is 1. The highest BCUT2D eigenvalue weighted by atomic mass is 16.5. The van der Waals surface area contributed by atoms with E-state index in [9.17, 15) is 4.79 Å². The molecule has 100 valence electrons. The number of carbonyl (C=O) groups is 1. The molecular weight excluding hydrogens is 242 g/mol. The minimum atomic E-state index is 0.145. The Morgan fingerprint density at radius 1 is 1.47 bits per heavy atom. The summed E-state index contributed by atoms with van der Waals surface area (Å²) in [5.74, 6) is 1.42. The van der Waals surface area contributed by atoms with E-state index in [4.69, 9.17) is 4.74 Å². The second kappa shape index (κ2) is 4.64. The minimum absolute atomic E-state index is 0.145. The molecule has 0 bridgehead atoms. The summed E-state index contributed by atoms with van der Waals surface area (Å²) in [5, 5.41) is 0. The number of imidazole rings is 1. The highest BCUT2D eigenvalue weighted by Gasteiger charge is 2.32. The summed E-state index contributed by atoms with van der Waals surface area (Å²) in [6.45, 7) is 2.12. The monoisotopic (exact) mass is 259 g/mol. The third kappa shape index (κ3) is 2.20. The van der Waals surface area contributed by atoms with Gasteiger partial charge in [0.15, 0.2) is 5.78 Å². The van der Waals surface area contributed by atoms with Crippen LogP contribution >= 0.6 is 0 Å². The molecule has 0 aromatic carbocycles. The van der Waals surface area contributed by atoms with Gasteiger partial charge in [0.25, 0.3) is 0 Å². The van der Waals surface area contributed by atoms with Gasteiger partial charge in [-0.3, -0.25) is 9.20 Å². The predicted molar refractivity (Wildman–Crippen MR) is 70.6 cm³/mol. The van der Waals surface area contributed by atoms with Crippen molar-refractivity contribution < 1.29 is 9.53 Å². The predicted octanol–water partition coefficient (Wildman–Crippen LogP) is 2.28. The zero-order valence-electron chi connectivity index (χ0n) is 11.2. The van der Waals surface area contributed by atoms with Crippen LogP contribution in [0.2, 0.25) is 0 Å². The van der Waals surface area contributed by atoms with Crippen molar-refractivity contribution in [3.8, 4) is 5.88 Å². The van der Waals surface area contributed by atoms with E-state index < -0.39 is 0 Å². The standard InChI is InChI=1S/C14H17N3O2/c1-3-4-10-7-12(19-2)16-14-15-11(8-17(10)14)13(18)9-5-6-9/h7-9H,3-6H2,1-2H3. The maximum absolute atomic E-state index is 12.1. The molecule has 5 nitrogen and oxygen atoms in total. The smallest absolute Gasteiger partial charge is 0.237 e. The number of ether oxygens (including phenoxy) is 1. The highest BCUT2D eigenvalue weighted by Crippen LogP contribution is 2.32. The van der Waals surface area contributed by atoms with Gasteiger partial charge in [-0.25, -0.2) is 4.98 Å². The summed E-state index contributed by atoms with van der Waals surface area (Å²) >= 11 is 0. The van der Waals surface area contributed by atoms with Crippen molar-refractivity contribution in [3.05, 3.63) is 23.7 Å². The van der Waals surface area contributed by atoms with Gasteiger partial charge in [-0.2, -0.15) is 4.98 Å². The summed E-state index contributed by atoms with van der Waals surface area (Å²) in [6, 6.07) is 1.91. The van der Waals surface area contributed by atoms with Crippen LogP contribution in [0.15, 0.2) is 12.3 Å². The van der Waals surface area contributed by atoms with Gasteiger partial charge in [0.1, 0.15) is 5.69 Å². The fourth-order valence-electron chi connectivity index (χ4n) is 2.23. The molecule has 1 saturated carbocycles. The van der Waals surface area contributed by atoms with Crippen molar-refractivity contribution in [2.24, 2.45) is 5.92 Å². The molecule has 0 saturated heterocycles. The van der Waals surface area contributed by atoms with Crippen LogP contribution in [0.5, 0.6) is 5.88 Å². The zero-order valence-corrected chi connectivity index (χ0v) is 11.2. The third-order valence-electron chi connectivity index (χ3n) is 3.41. The number of hydrogen-bond acceptors (Lipinski definition) is 4. The molecule has 1 aliphatic rings. The number of nitrogens with zero attached hydrogens (tertiary/aromatic N) is 3. The molecule has 19 heavy (non-hydrogen) atoms. The molecule has 0 N–H and O–H groups in total. The number of fused-ring (bicyclic) bond motifs is 1. The van der Waals surface area contributed by atoms with Gasteiger partial charge in [0, 0.05) is 23.9 Å². The lowest BCUT2D eigenvalue weighted by Crippen LogP contribution is -2.01. The van der Waals surface area contributed by atoms with Crippen molar-refractivity contribution in [3.63, 3.8) is 0 Å². The van der Waals surface area contributed by atoms with Crippen LogP contribution < -0.4 is 4.74 Å². The lowest BCUT2D eigenvalue weighted by molar-refractivity contribution is 0.0963. The van der Waals surface area contributed by atoms with E-state index in [1.54, 1.807) is 7.11 Å². The molecule has 0 aliphatic heterocycles. The van der Waals surface area contributed by atoms with Crippen LogP contribution in [-0.2, 0) is 6.42 Å². The molecule has 2 aromatic heterocycles. The fourth-order valence-corrected chi connectivity index (χ4v) is 2.23. The van der Waals surface area contributed by atoms with Crippen LogP contribution in [-0.4, -0.2) is 27.3 Å². The van der Waals surface area contributed by atoms with Gasteiger partial charge in [0.2, 0.25) is 11.7 Å². The zero-order chi connectivity index (χ0) is 13.4. The number of aryl methyl sites for hydroxylation is 1. The van der Waals surface area contributed by atoms with Gasteiger partial charge in [-0.15, -0.1) is 0 Å². The average Bonchev–Trinajstić information content (AvgIpc) is 3.17. The molecule has 0 atom stereocenters.